The van der Waals surface area contributed by atoms with Gasteiger partial charge >= 0.3 is 18.9 Å². The maximum atomic E-state index is 8.06. The number of hydrogen-bond acceptors (Lipinski definition) is 2. The molecule has 0 rings (SSSR count). The van der Waals surface area contributed by atoms with Crippen molar-refractivity contribution in [3.8, 4) is 0 Å². The molecule has 54 valence electrons. The Balaban J connectivity index is -0.0000000233. The maximum absolute atomic E-state index is 8.06. The quantitative estimate of drug-likeness (QED) is 0.408. The Bertz CT molecular complexity index is 26.2. The van der Waals surface area contributed by atoms with Crippen LogP contribution in [-0.2, 0) is 0 Å². The van der Waals surface area contributed by atoms with Gasteiger partial charge in [-0.1, -0.05) is 0 Å². The van der Waals surface area contributed by atoms with Gasteiger partial charge in [-0.2, -0.15) is 0 Å². The Kier molecular flexibility index (Phi) is 57.5. The van der Waals surface area contributed by atoms with Crippen molar-refractivity contribution in [2.45, 2.75) is 26.9 Å². The second-order valence-electron chi connectivity index (χ2n) is 1.41. The summed E-state index contributed by atoms with van der Waals surface area (Å²) in [6.07, 6.45) is -0.167. The Morgan fingerprint density at radius 2 is 1.33 bits per heavy atom. The molecule has 2 nitrogen and oxygen atoms in total. The Hall–Kier alpha value is 1.05. The van der Waals surface area contributed by atoms with E-state index < -0.39 is 0 Å². The summed E-state index contributed by atoms with van der Waals surface area (Å²) in [5.41, 5.74) is 0. The molecule has 0 saturated heterocycles. The molecule has 0 unspecified atom stereocenters. The second-order valence-corrected chi connectivity index (χ2v) is 1.41. The standard InChI is InChI=1S/C3H8O.C2H6O.Al.Li.4H/c1-3(2)4;1-2-3;;;;;;/h3-4H,1-2H3;3H,2H2,1H3;;;;;;. The van der Waals surface area contributed by atoms with Crippen LogP contribution in [0.25, 0.3) is 0 Å². The van der Waals surface area contributed by atoms with Gasteiger partial charge in [-0.25, -0.2) is 0 Å². The van der Waals surface area contributed by atoms with E-state index in [1.54, 1.807) is 20.8 Å². The summed E-state index contributed by atoms with van der Waals surface area (Å²) in [4.78, 5) is 0. The first-order valence-corrected chi connectivity index (χ1v) is 2.44. The van der Waals surface area contributed by atoms with Crippen LogP contribution in [0, 0.1) is 0 Å². The van der Waals surface area contributed by atoms with E-state index in [1.165, 1.54) is 0 Å². The zero-order chi connectivity index (χ0) is 6.28. The molecular weight excluding hydrogens is 126 g/mol. The summed E-state index contributed by atoms with van der Waals surface area (Å²) >= 11 is 0. The van der Waals surface area contributed by atoms with E-state index >= 15 is 0 Å². The van der Waals surface area contributed by atoms with Gasteiger partial charge in [0.05, 0.1) is 0 Å². The van der Waals surface area contributed by atoms with Crippen molar-refractivity contribution in [1.29, 1.82) is 0 Å². The topological polar surface area (TPSA) is 40.5 Å². The fraction of sp³-hybridized carbons (Fsp3) is 1.00. The Morgan fingerprint density at radius 1 is 1.33 bits per heavy atom. The molecule has 9 heavy (non-hydrogen) atoms. The minimum absolute atomic E-state index is 0. The Labute approximate surface area is 80.0 Å². The average Bonchev–Trinajstić information content (AvgIpc) is 1.33. The van der Waals surface area contributed by atoms with Gasteiger partial charge in [0.25, 0.3) is 0 Å². The van der Waals surface area contributed by atoms with Gasteiger partial charge in [-0.05, 0) is 20.8 Å². The molecule has 0 aliphatic carbocycles. The number of aliphatic hydroxyl groups is 2. The van der Waals surface area contributed by atoms with E-state index in [2.05, 4.69) is 0 Å². The molecule has 0 atom stereocenters. The van der Waals surface area contributed by atoms with Gasteiger partial charge in [-0.3, -0.25) is 0 Å². The first-order chi connectivity index (χ1) is 3.15. The normalized spacial score (nSPS) is 6.00. The first kappa shape index (κ1) is 22.5. The van der Waals surface area contributed by atoms with E-state index in [0.717, 1.165) is 0 Å². The van der Waals surface area contributed by atoms with Crippen molar-refractivity contribution in [3.05, 3.63) is 0 Å². The van der Waals surface area contributed by atoms with E-state index in [9.17, 15) is 0 Å². The zero-order valence-electron chi connectivity index (χ0n) is 5.18. The molecule has 0 saturated carbocycles. The molecule has 0 heterocycles. The van der Waals surface area contributed by atoms with Crippen molar-refractivity contribution in [2.75, 3.05) is 6.61 Å². The molecule has 0 aliphatic rings. The fourth-order valence-electron chi connectivity index (χ4n) is 0. The molecule has 0 bridgehead atoms. The number of aliphatic hydroxyl groups excluding tert-OH is 2. The van der Waals surface area contributed by atoms with Crippen molar-refractivity contribution in [2.24, 2.45) is 0 Å². The summed E-state index contributed by atoms with van der Waals surface area (Å²) in [7, 11) is 0. The third-order valence-corrected chi connectivity index (χ3v) is 0. The van der Waals surface area contributed by atoms with Crippen LogP contribution in [-0.4, -0.2) is 59.1 Å². The van der Waals surface area contributed by atoms with E-state index in [1.807, 2.05) is 0 Å². The molecule has 0 aromatic carbocycles. The van der Waals surface area contributed by atoms with Crippen LogP contribution in [0.4, 0.5) is 0 Å². The molecule has 0 aliphatic heterocycles. The molecule has 4 heteroatoms. The minimum atomic E-state index is -0.167. The van der Waals surface area contributed by atoms with Crippen LogP contribution >= 0.6 is 0 Å². The number of rotatable bonds is 0. The van der Waals surface area contributed by atoms with Gasteiger partial charge in [-0.15, -0.1) is 0 Å². The molecule has 0 radical (unpaired) electrons. The SMILES string of the molecule is CC(C)O.CCO.[AlH3].[LiH]. The summed E-state index contributed by atoms with van der Waals surface area (Å²) in [6.45, 7) is 5.38. The molecule has 0 aromatic heterocycles. The molecule has 0 spiro atoms. The predicted octanol–water partition coefficient (Wildman–Crippen LogP) is -1.45. The van der Waals surface area contributed by atoms with Gasteiger partial charge in [0.15, 0.2) is 17.4 Å². The molecule has 2 N–H and O–H groups in total. The first-order valence-electron chi connectivity index (χ1n) is 2.44. The van der Waals surface area contributed by atoms with Gasteiger partial charge in [0.2, 0.25) is 0 Å². The van der Waals surface area contributed by atoms with Crippen LogP contribution in [0.1, 0.15) is 20.8 Å². The van der Waals surface area contributed by atoms with Crippen molar-refractivity contribution in [1.82, 2.24) is 0 Å². The van der Waals surface area contributed by atoms with E-state index in [4.69, 9.17) is 10.2 Å². The monoisotopic (exact) mass is 144 g/mol. The third-order valence-electron chi connectivity index (χ3n) is 0. The van der Waals surface area contributed by atoms with E-state index in [-0.39, 0.29) is 48.9 Å². The summed E-state index contributed by atoms with van der Waals surface area (Å²) in [5.74, 6) is 0. The fourth-order valence-corrected chi connectivity index (χ4v) is 0. The summed E-state index contributed by atoms with van der Waals surface area (Å²) < 4.78 is 0. The summed E-state index contributed by atoms with van der Waals surface area (Å²) in [6, 6.07) is 0. The van der Waals surface area contributed by atoms with Crippen LogP contribution in [0.3, 0.4) is 0 Å². The van der Waals surface area contributed by atoms with E-state index in [0.29, 0.717) is 0 Å². The number of hydrogen-bond donors (Lipinski definition) is 2. The van der Waals surface area contributed by atoms with Gasteiger partial charge < -0.3 is 10.2 Å². The van der Waals surface area contributed by atoms with Gasteiger partial charge in [0.1, 0.15) is 0 Å². The second kappa shape index (κ2) is 23.0. The van der Waals surface area contributed by atoms with Crippen LogP contribution in [0.5, 0.6) is 0 Å². The summed E-state index contributed by atoms with van der Waals surface area (Å²) in [5, 5.41) is 15.6. The van der Waals surface area contributed by atoms with Crippen molar-refractivity contribution >= 4 is 36.2 Å². The molecular formula is C5H18AlLiO2. The van der Waals surface area contributed by atoms with Crippen LogP contribution in [0.15, 0.2) is 0 Å². The average molecular weight is 144 g/mol. The van der Waals surface area contributed by atoms with Crippen molar-refractivity contribution in [3.63, 3.8) is 0 Å². The molecule has 0 aromatic rings. The third kappa shape index (κ3) is 408. The van der Waals surface area contributed by atoms with Crippen molar-refractivity contribution < 1.29 is 10.2 Å². The molecule has 0 amide bonds. The van der Waals surface area contributed by atoms with Crippen LogP contribution in [0.2, 0.25) is 0 Å². The predicted molar refractivity (Wildman–Crippen MR) is 47.2 cm³/mol. The molecule has 0 fully saturated rings. The zero-order valence-corrected chi connectivity index (χ0v) is 5.18. The Morgan fingerprint density at radius 3 is 1.33 bits per heavy atom. The van der Waals surface area contributed by atoms with Gasteiger partial charge in [0, 0.05) is 12.7 Å². The van der Waals surface area contributed by atoms with Crippen LogP contribution < -0.4 is 0 Å².